The van der Waals surface area contributed by atoms with Gasteiger partial charge in [-0.05, 0) is 24.1 Å². The first-order valence-corrected chi connectivity index (χ1v) is 9.56. The molecule has 6 N–H and O–H groups in total. The van der Waals surface area contributed by atoms with E-state index in [1.54, 1.807) is 6.92 Å². The van der Waals surface area contributed by atoms with Gasteiger partial charge in [-0.25, -0.2) is 8.78 Å². The standard InChI is InChI=1S/C21H25F2NO6/c1-2-29-12-7-14(22)13(15(23)8-12)6-11-5-10(3-4-16(11)24)21-20(28)19(27)18(26)17(9-25)30-21/h3-5,7-8,17-21,25-28H,2,6,9,24H2,1H3/t17-,18-,19+,20-,21+/m1/s1. The van der Waals surface area contributed by atoms with E-state index >= 15 is 0 Å². The number of ether oxygens (including phenoxy) is 2. The monoisotopic (exact) mass is 425 g/mol. The van der Waals surface area contributed by atoms with Crippen molar-refractivity contribution in [2.45, 2.75) is 43.9 Å². The summed E-state index contributed by atoms with van der Waals surface area (Å²) in [6.07, 6.45) is -6.81. The van der Waals surface area contributed by atoms with Crippen LogP contribution in [-0.4, -0.2) is 58.1 Å². The van der Waals surface area contributed by atoms with E-state index in [0.717, 1.165) is 12.1 Å². The molecule has 2 aromatic rings. The molecule has 0 unspecified atom stereocenters. The fourth-order valence-corrected chi connectivity index (χ4v) is 3.52. The third-order valence-electron chi connectivity index (χ3n) is 5.18. The predicted octanol–water partition coefficient (Wildman–Crippen LogP) is 1.05. The van der Waals surface area contributed by atoms with Crippen molar-refractivity contribution in [1.29, 1.82) is 0 Å². The number of hydrogen-bond donors (Lipinski definition) is 5. The normalized spacial score (nSPS) is 26.6. The van der Waals surface area contributed by atoms with E-state index in [-0.39, 0.29) is 30.0 Å². The van der Waals surface area contributed by atoms with Crippen LogP contribution < -0.4 is 10.5 Å². The molecule has 1 saturated heterocycles. The van der Waals surface area contributed by atoms with E-state index in [9.17, 15) is 29.2 Å². The molecule has 0 amide bonds. The van der Waals surface area contributed by atoms with Gasteiger partial charge in [0.15, 0.2) is 0 Å². The lowest BCUT2D eigenvalue weighted by Gasteiger charge is -2.40. The summed E-state index contributed by atoms with van der Waals surface area (Å²) in [5, 5.41) is 39.6. The van der Waals surface area contributed by atoms with E-state index in [1.807, 2.05) is 0 Å². The lowest BCUT2D eigenvalue weighted by molar-refractivity contribution is -0.231. The Bertz CT molecular complexity index is 871. The van der Waals surface area contributed by atoms with Gasteiger partial charge in [-0.1, -0.05) is 12.1 Å². The maximum Gasteiger partial charge on any atom is 0.133 e. The summed E-state index contributed by atoms with van der Waals surface area (Å²) in [5.41, 5.74) is 6.81. The second kappa shape index (κ2) is 9.23. The van der Waals surface area contributed by atoms with Crippen molar-refractivity contribution < 1.29 is 38.7 Å². The van der Waals surface area contributed by atoms with Crippen LogP contribution in [0.4, 0.5) is 14.5 Å². The first kappa shape index (κ1) is 22.4. The van der Waals surface area contributed by atoms with Crippen LogP contribution in [0.25, 0.3) is 0 Å². The fraction of sp³-hybridized carbons (Fsp3) is 0.429. The van der Waals surface area contributed by atoms with Crippen molar-refractivity contribution in [1.82, 2.24) is 0 Å². The number of benzene rings is 2. The third kappa shape index (κ3) is 4.40. The number of rotatable bonds is 6. The van der Waals surface area contributed by atoms with Gasteiger partial charge >= 0.3 is 0 Å². The smallest absolute Gasteiger partial charge is 0.133 e. The first-order chi connectivity index (χ1) is 14.3. The topological polar surface area (TPSA) is 125 Å². The maximum atomic E-state index is 14.4. The molecule has 9 heteroatoms. The molecule has 164 valence electrons. The lowest BCUT2D eigenvalue weighted by atomic mass is 9.89. The molecule has 1 aliphatic heterocycles. The van der Waals surface area contributed by atoms with Crippen molar-refractivity contribution in [3.8, 4) is 5.75 Å². The number of nitrogens with two attached hydrogens (primary N) is 1. The minimum absolute atomic E-state index is 0.0827. The summed E-state index contributed by atoms with van der Waals surface area (Å²) >= 11 is 0. The molecule has 0 spiro atoms. The predicted molar refractivity (Wildman–Crippen MR) is 104 cm³/mol. The highest BCUT2D eigenvalue weighted by molar-refractivity contribution is 5.51. The van der Waals surface area contributed by atoms with Gasteiger partial charge in [0.2, 0.25) is 0 Å². The Labute approximate surface area is 172 Å². The summed E-state index contributed by atoms with van der Waals surface area (Å²) in [6, 6.07) is 6.74. The Hall–Kier alpha value is -2.30. The van der Waals surface area contributed by atoms with Gasteiger partial charge in [0.1, 0.15) is 47.9 Å². The Balaban J connectivity index is 1.91. The average Bonchev–Trinajstić information content (AvgIpc) is 2.71. The molecule has 0 radical (unpaired) electrons. The number of nitrogen functional groups attached to an aromatic ring is 1. The summed E-state index contributed by atoms with van der Waals surface area (Å²) in [6.45, 7) is 1.41. The van der Waals surface area contributed by atoms with Gasteiger partial charge in [-0.2, -0.15) is 0 Å². The largest absolute Gasteiger partial charge is 0.494 e. The van der Waals surface area contributed by atoms with Crippen molar-refractivity contribution >= 4 is 5.69 Å². The Morgan fingerprint density at radius 1 is 1.03 bits per heavy atom. The van der Waals surface area contributed by atoms with E-state index < -0.39 is 48.8 Å². The average molecular weight is 425 g/mol. The van der Waals surface area contributed by atoms with Crippen LogP contribution in [0.15, 0.2) is 30.3 Å². The molecule has 0 aromatic heterocycles. The van der Waals surface area contributed by atoms with Gasteiger partial charge in [0.25, 0.3) is 0 Å². The van der Waals surface area contributed by atoms with Crippen molar-refractivity contribution in [2.24, 2.45) is 0 Å². The van der Waals surface area contributed by atoms with Gasteiger partial charge in [0, 0.05) is 29.8 Å². The molecule has 5 atom stereocenters. The summed E-state index contributed by atoms with van der Waals surface area (Å²) in [5.74, 6) is -1.48. The SMILES string of the molecule is CCOc1cc(F)c(Cc2cc([C@@H]3O[C@H](CO)[C@@H](O)[C@H](O)[C@H]3O)ccc2N)c(F)c1. The van der Waals surface area contributed by atoms with E-state index in [4.69, 9.17) is 15.2 Å². The third-order valence-corrected chi connectivity index (χ3v) is 5.18. The van der Waals surface area contributed by atoms with Crippen molar-refractivity contribution in [3.05, 3.63) is 58.7 Å². The van der Waals surface area contributed by atoms with E-state index in [1.165, 1.54) is 18.2 Å². The summed E-state index contributed by atoms with van der Waals surface area (Å²) in [4.78, 5) is 0. The van der Waals surface area contributed by atoms with Crippen LogP contribution >= 0.6 is 0 Å². The number of anilines is 1. The highest BCUT2D eigenvalue weighted by Gasteiger charge is 2.44. The minimum atomic E-state index is -1.54. The number of hydrogen-bond acceptors (Lipinski definition) is 7. The lowest BCUT2D eigenvalue weighted by Crippen LogP contribution is -2.55. The highest BCUT2D eigenvalue weighted by Crippen LogP contribution is 2.34. The Kier molecular flexibility index (Phi) is 6.89. The van der Waals surface area contributed by atoms with Crippen molar-refractivity contribution in [3.63, 3.8) is 0 Å². The van der Waals surface area contributed by atoms with Crippen LogP contribution in [0.5, 0.6) is 5.75 Å². The second-order valence-electron chi connectivity index (χ2n) is 7.18. The van der Waals surface area contributed by atoms with Crippen LogP contribution in [0.1, 0.15) is 29.7 Å². The maximum absolute atomic E-state index is 14.4. The molecule has 1 heterocycles. The van der Waals surface area contributed by atoms with Crippen molar-refractivity contribution in [2.75, 3.05) is 18.9 Å². The Morgan fingerprint density at radius 2 is 1.70 bits per heavy atom. The zero-order chi connectivity index (χ0) is 22.0. The molecular formula is C21H25F2NO6. The molecule has 0 bridgehead atoms. The molecule has 3 rings (SSSR count). The van der Waals surface area contributed by atoms with Crippen LogP contribution in [0.3, 0.4) is 0 Å². The zero-order valence-corrected chi connectivity index (χ0v) is 16.3. The second-order valence-corrected chi connectivity index (χ2v) is 7.18. The summed E-state index contributed by atoms with van der Waals surface area (Å²) < 4.78 is 39.6. The molecule has 1 fully saturated rings. The van der Waals surface area contributed by atoms with Gasteiger partial charge in [0.05, 0.1) is 13.2 Å². The summed E-state index contributed by atoms with van der Waals surface area (Å²) in [7, 11) is 0. The van der Waals surface area contributed by atoms with Crippen LogP contribution in [0, 0.1) is 11.6 Å². The molecule has 30 heavy (non-hydrogen) atoms. The van der Waals surface area contributed by atoms with Crippen LogP contribution in [-0.2, 0) is 11.2 Å². The molecule has 2 aromatic carbocycles. The molecule has 1 aliphatic rings. The quantitative estimate of drug-likeness (QED) is 0.438. The fourth-order valence-electron chi connectivity index (χ4n) is 3.52. The van der Waals surface area contributed by atoms with E-state index in [2.05, 4.69) is 0 Å². The molecular weight excluding hydrogens is 400 g/mol. The van der Waals surface area contributed by atoms with E-state index in [0.29, 0.717) is 11.1 Å². The number of aliphatic hydroxyl groups is 4. The van der Waals surface area contributed by atoms with Crippen LogP contribution in [0.2, 0.25) is 0 Å². The molecule has 0 aliphatic carbocycles. The number of halogens is 2. The van der Waals surface area contributed by atoms with Gasteiger partial charge in [-0.3, -0.25) is 0 Å². The first-order valence-electron chi connectivity index (χ1n) is 9.56. The molecule has 0 saturated carbocycles. The highest BCUT2D eigenvalue weighted by atomic mass is 19.1. The Morgan fingerprint density at radius 3 is 2.30 bits per heavy atom. The minimum Gasteiger partial charge on any atom is -0.494 e. The number of aliphatic hydroxyl groups excluding tert-OH is 4. The molecule has 7 nitrogen and oxygen atoms in total. The zero-order valence-electron chi connectivity index (χ0n) is 16.3. The van der Waals surface area contributed by atoms with Gasteiger partial charge < -0.3 is 35.6 Å². The van der Waals surface area contributed by atoms with Gasteiger partial charge in [-0.15, -0.1) is 0 Å².